The Kier molecular flexibility index (Phi) is 7.43. The molecule has 0 aliphatic rings. The summed E-state index contributed by atoms with van der Waals surface area (Å²) in [4.78, 5) is 11.8. The van der Waals surface area contributed by atoms with Crippen LogP contribution >= 0.6 is 0 Å². The Labute approximate surface area is 154 Å². The van der Waals surface area contributed by atoms with Crippen LogP contribution in [0.3, 0.4) is 0 Å². The van der Waals surface area contributed by atoms with Crippen molar-refractivity contribution in [3.63, 3.8) is 0 Å². The number of benzene rings is 2. The largest absolute Gasteiger partial charge is 0.490 e. The van der Waals surface area contributed by atoms with E-state index < -0.39 is 0 Å². The standard InChI is InChI=1S/C21H24N2O3/c1-4-25-19-12-10-18(14-20(19)26-5-2)15-22-23-21(24)13-11-17-8-6-16(3)7-9-17/h6-15H,4-5H2,1-3H3,(H,23,24)/b13-11+,22-15+. The maximum atomic E-state index is 11.8. The number of hydrogen-bond donors (Lipinski definition) is 1. The second-order valence-electron chi connectivity index (χ2n) is 5.55. The maximum absolute atomic E-state index is 11.8. The molecule has 2 aromatic rings. The summed E-state index contributed by atoms with van der Waals surface area (Å²) in [5, 5.41) is 3.97. The third-order valence-corrected chi connectivity index (χ3v) is 3.46. The van der Waals surface area contributed by atoms with E-state index in [0.717, 1.165) is 11.1 Å². The minimum Gasteiger partial charge on any atom is -0.490 e. The van der Waals surface area contributed by atoms with E-state index in [0.29, 0.717) is 24.7 Å². The molecule has 0 saturated heterocycles. The molecule has 0 aromatic heterocycles. The van der Waals surface area contributed by atoms with Gasteiger partial charge in [0.15, 0.2) is 11.5 Å². The van der Waals surface area contributed by atoms with E-state index in [4.69, 9.17) is 9.47 Å². The first-order valence-electron chi connectivity index (χ1n) is 8.59. The molecule has 136 valence electrons. The molecule has 0 heterocycles. The summed E-state index contributed by atoms with van der Waals surface area (Å²) in [6.07, 6.45) is 4.76. The van der Waals surface area contributed by atoms with Crippen LogP contribution in [-0.4, -0.2) is 25.3 Å². The molecule has 26 heavy (non-hydrogen) atoms. The fourth-order valence-electron chi connectivity index (χ4n) is 2.21. The Morgan fingerprint density at radius 1 is 1.00 bits per heavy atom. The van der Waals surface area contributed by atoms with Crippen molar-refractivity contribution in [1.82, 2.24) is 5.43 Å². The maximum Gasteiger partial charge on any atom is 0.264 e. The molecule has 5 heteroatoms. The topological polar surface area (TPSA) is 59.9 Å². The number of carbonyl (C=O) groups is 1. The van der Waals surface area contributed by atoms with Gasteiger partial charge in [-0.15, -0.1) is 0 Å². The molecule has 5 nitrogen and oxygen atoms in total. The molecule has 0 fully saturated rings. The molecule has 2 rings (SSSR count). The van der Waals surface area contributed by atoms with Gasteiger partial charge in [0, 0.05) is 6.08 Å². The van der Waals surface area contributed by atoms with Crippen molar-refractivity contribution in [3.8, 4) is 11.5 Å². The fraction of sp³-hybridized carbons (Fsp3) is 0.238. The van der Waals surface area contributed by atoms with Gasteiger partial charge in [-0.05, 0) is 56.2 Å². The lowest BCUT2D eigenvalue weighted by Gasteiger charge is -2.11. The Morgan fingerprint density at radius 3 is 2.35 bits per heavy atom. The van der Waals surface area contributed by atoms with Crippen molar-refractivity contribution in [2.24, 2.45) is 5.10 Å². The average Bonchev–Trinajstić information content (AvgIpc) is 2.64. The van der Waals surface area contributed by atoms with Crippen LogP contribution in [-0.2, 0) is 4.79 Å². The van der Waals surface area contributed by atoms with Crippen molar-refractivity contribution in [1.29, 1.82) is 0 Å². The van der Waals surface area contributed by atoms with Gasteiger partial charge in [0.25, 0.3) is 5.91 Å². The number of carbonyl (C=O) groups excluding carboxylic acids is 1. The van der Waals surface area contributed by atoms with Crippen LogP contribution in [0.2, 0.25) is 0 Å². The lowest BCUT2D eigenvalue weighted by Crippen LogP contribution is -2.14. The summed E-state index contributed by atoms with van der Waals surface area (Å²) in [6.45, 7) is 6.97. The van der Waals surface area contributed by atoms with Crippen LogP contribution in [0.25, 0.3) is 6.08 Å². The van der Waals surface area contributed by atoms with Gasteiger partial charge in [-0.1, -0.05) is 29.8 Å². The molecule has 1 amide bonds. The lowest BCUT2D eigenvalue weighted by molar-refractivity contribution is -0.116. The summed E-state index contributed by atoms with van der Waals surface area (Å²) in [6, 6.07) is 13.4. The second-order valence-corrected chi connectivity index (χ2v) is 5.55. The van der Waals surface area contributed by atoms with Gasteiger partial charge >= 0.3 is 0 Å². The first-order valence-corrected chi connectivity index (χ1v) is 8.59. The summed E-state index contributed by atoms with van der Waals surface area (Å²) in [7, 11) is 0. The quantitative estimate of drug-likeness (QED) is 0.444. The zero-order valence-electron chi connectivity index (χ0n) is 15.4. The first-order chi connectivity index (χ1) is 12.6. The fourth-order valence-corrected chi connectivity index (χ4v) is 2.21. The van der Waals surface area contributed by atoms with Crippen LogP contribution in [0.1, 0.15) is 30.5 Å². The molecule has 0 aliphatic carbocycles. The average molecular weight is 352 g/mol. The number of amides is 1. The molecule has 2 aromatic carbocycles. The number of aryl methyl sites for hydroxylation is 1. The summed E-state index contributed by atoms with van der Waals surface area (Å²) in [5.41, 5.74) is 5.42. The molecule has 0 aliphatic heterocycles. The van der Waals surface area contributed by atoms with Crippen LogP contribution < -0.4 is 14.9 Å². The number of ether oxygens (including phenoxy) is 2. The zero-order valence-corrected chi connectivity index (χ0v) is 15.4. The Hall–Kier alpha value is -3.08. The number of hydrazone groups is 1. The van der Waals surface area contributed by atoms with Crippen molar-refractivity contribution in [2.45, 2.75) is 20.8 Å². The number of nitrogens with zero attached hydrogens (tertiary/aromatic N) is 1. The predicted octanol–water partition coefficient (Wildman–Crippen LogP) is 3.96. The van der Waals surface area contributed by atoms with Crippen LogP contribution in [0, 0.1) is 6.92 Å². The van der Waals surface area contributed by atoms with E-state index in [2.05, 4.69) is 10.5 Å². The third kappa shape index (κ3) is 6.09. The Morgan fingerprint density at radius 2 is 1.65 bits per heavy atom. The second kappa shape index (κ2) is 10.0. The smallest absolute Gasteiger partial charge is 0.264 e. The number of rotatable bonds is 8. The number of hydrogen-bond acceptors (Lipinski definition) is 4. The number of nitrogens with one attached hydrogen (secondary N) is 1. The van der Waals surface area contributed by atoms with Crippen molar-refractivity contribution >= 4 is 18.2 Å². The van der Waals surface area contributed by atoms with E-state index in [9.17, 15) is 4.79 Å². The molecule has 0 atom stereocenters. The van der Waals surface area contributed by atoms with Gasteiger partial charge in [-0.3, -0.25) is 4.79 Å². The summed E-state index contributed by atoms with van der Waals surface area (Å²) < 4.78 is 11.1. The van der Waals surface area contributed by atoms with E-state index in [1.807, 2.05) is 63.2 Å². The van der Waals surface area contributed by atoms with Crippen LogP contribution in [0.5, 0.6) is 11.5 Å². The monoisotopic (exact) mass is 352 g/mol. The van der Waals surface area contributed by atoms with Crippen LogP contribution in [0.4, 0.5) is 0 Å². The van der Waals surface area contributed by atoms with Gasteiger partial charge in [-0.2, -0.15) is 5.10 Å². The molecule has 0 saturated carbocycles. The molecular formula is C21H24N2O3. The van der Waals surface area contributed by atoms with Gasteiger partial charge in [0.2, 0.25) is 0 Å². The minimum atomic E-state index is -0.294. The predicted molar refractivity (Wildman–Crippen MR) is 105 cm³/mol. The highest BCUT2D eigenvalue weighted by Gasteiger charge is 2.05. The zero-order chi connectivity index (χ0) is 18.8. The highest BCUT2D eigenvalue weighted by Crippen LogP contribution is 2.27. The third-order valence-electron chi connectivity index (χ3n) is 3.46. The molecular weight excluding hydrogens is 328 g/mol. The van der Waals surface area contributed by atoms with Crippen molar-refractivity contribution < 1.29 is 14.3 Å². The van der Waals surface area contributed by atoms with Crippen molar-refractivity contribution in [2.75, 3.05) is 13.2 Å². The lowest BCUT2D eigenvalue weighted by atomic mass is 10.1. The first kappa shape index (κ1) is 19.2. The van der Waals surface area contributed by atoms with Gasteiger partial charge in [-0.25, -0.2) is 5.43 Å². The Bertz CT molecular complexity index is 780. The van der Waals surface area contributed by atoms with E-state index in [1.165, 1.54) is 11.6 Å². The van der Waals surface area contributed by atoms with E-state index in [-0.39, 0.29) is 5.91 Å². The molecule has 0 spiro atoms. The van der Waals surface area contributed by atoms with Crippen LogP contribution in [0.15, 0.2) is 53.6 Å². The van der Waals surface area contributed by atoms with Gasteiger partial charge < -0.3 is 9.47 Å². The highest BCUT2D eigenvalue weighted by molar-refractivity contribution is 5.92. The highest BCUT2D eigenvalue weighted by atomic mass is 16.5. The molecule has 0 bridgehead atoms. The summed E-state index contributed by atoms with van der Waals surface area (Å²) >= 11 is 0. The molecule has 0 radical (unpaired) electrons. The van der Waals surface area contributed by atoms with Gasteiger partial charge in [0.05, 0.1) is 19.4 Å². The van der Waals surface area contributed by atoms with Gasteiger partial charge in [0.1, 0.15) is 0 Å². The minimum absolute atomic E-state index is 0.294. The van der Waals surface area contributed by atoms with Crippen molar-refractivity contribution in [3.05, 3.63) is 65.2 Å². The molecule has 0 unspecified atom stereocenters. The van der Waals surface area contributed by atoms with E-state index in [1.54, 1.807) is 12.3 Å². The molecule has 1 N–H and O–H groups in total. The van der Waals surface area contributed by atoms with E-state index >= 15 is 0 Å². The Balaban J connectivity index is 1.95. The summed E-state index contributed by atoms with van der Waals surface area (Å²) in [5.74, 6) is 1.05. The normalized spacial score (nSPS) is 11.0. The SMILES string of the molecule is CCOc1ccc(/C=N/NC(=O)/C=C/c2ccc(C)cc2)cc1OCC.